The largest absolute Gasteiger partial charge is 0.481 e. The molecule has 1 heterocycles. The summed E-state index contributed by atoms with van der Waals surface area (Å²) in [6, 6.07) is -1.99. The lowest BCUT2D eigenvalue weighted by Gasteiger charge is -2.37. The maximum atomic E-state index is 12.6. The molecule has 0 aromatic heterocycles. The van der Waals surface area contributed by atoms with Crippen LogP contribution in [-0.4, -0.2) is 69.0 Å². The van der Waals surface area contributed by atoms with E-state index < -0.39 is 42.1 Å². The Morgan fingerprint density at radius 1 is 1.28 bits per heavy atom. The highest BCUT2D eigenvalue weighted by atomic mass is 16.6. The molecule has 1 atom stereocenters. The number of carbonyl (C=O) groups excluding carboxylic acids is 2. The molecule has 25 heavy (non-hydrogen) atoms. The van der Waals surface area contributed by atoms with Gasteiger partial charge in [0.15, 0.2) is 0 Å². The maximum Gasteiger partial charge on any atom is 0.426 e. The molecule has 0 spiro atoms. The Bertz CT molecular complexity index is 532. The Kier molecular flexibility index (Phi) is 6.97. The molecule has 3 amide bonds. The number of aliphatic carboxylic acids is 2. The Balaban J connectivity index is 2.89. The average Bonchev–Trinajstić information content (AvgIpc) is 2.48. The molecule has 142 valence electrons. The molecular formula is C14H24N4O7. The molecule has 4 N–H and O–H groups in total. The Labute approximate surface area is 144 Å². The van der Waals surface area contributed by atoms with Crippen LogP contribution in [-0.2, 0) is 14.3 Å². The van der Waals surface area contributed by atoms with Crippen molar-refractivity contribution < 1.29 is 34.1 Å². The molecular weight excluding hydrogens is 336 g/mol. The molecule has 1 aliphatic heterocycles. The van der Waals surface area contributed by atoms with Gasteiger partial charge in [0.05, 0.1) is 13.0 Å². The van der Waals surface area contributed by atoms with Crippen LogP contribution in [0.4, 0.5) is 9.59 Å². The van der Waals surface area contributed by atoms with E-state index in [-0.39, 0.29) is 13.0 Å². The number of hydrogen-bond donors (Lipinski definition) is 4. The first kappa shape index (κ1) is 20.5. The molecule has 0 aliphatic carbocycles. The molecule has 0 aromatic rings. The van der Waals surface area contributed by atoms with Crippen molar-refractivity contribution >= 4 is 24.1 Å². The van der Waals surface area contributed by atoms with Crippen molar-refractivity contribution in [3.8, 4) is 0 Å². The number of ether oxygens (including phenoxy) is 1. The Morgan fingerprint density at radius 2 is 1.92 bits per heavy atom. The van der Waals surface area contributed by atoms with Crippen molar-refractivity contribution in [1.82, 2.24) is 20.9 Å². The highest BCUT2D eigenvalue weighted by Crippen LogP contribution is 2.13. The van der Waals surface area contributed by atoms with Crippen LogP contribution in [0.25, 0.3) is 0 Å². The van der Waals surface area contributed by atoms with E-state index in [1.54, 1.807) is 20.8 Å². The molecule has 1 fully saturated rings. The number of carboxylic acid groups (broad SMARTS) is 2. The quantitative estimate of drug-likeness (QED) is 0.526. The fourth-order valence-corrected chi connectivity index (χ4v) is 2.12. The number of amides is 3. The van der Waals surface area contributed by atoms with Crippen LogP contribution in [0, 0.1) is 0 Å². The molecule has 1 unspecified atom stereocenters. The van der Waals surface area contributed by atoms with Crippen molar-refractivity contribution in [2.75, 3.05) is 13.1 Å². The fraction of sp³-hybridized carbons (Fsp3) is 0.714. The van der Waals surface area contributed by atoms with Gasteiger partial charge >= 0.3 is 24.1 Å². The van der Waals surface area contributed by atoms with Gasteiger partial charge in [0.25, 0.3) is 0 Å². The maximum absolute atomic E-state index is 12.6. The van der Waals surface area contributed by atoms with Gasteiger partial charge in [-0.15, -0.1) is 0 Å². The second kappa shape index (κ2) is 8.51. The number of rotatable bonds is 4. The van der Waals surface area contributed by atoms with Gasteiger partial charge in [0, 0.05) is 6.54 Å². The Hall–Kier alpha value is -2.56. The van der Waals surface area contributed by atoms with Gasteiger partial charge in [-0.1, -0.05) is 0 Å². The van der Waals surface area contributed by atoms with Crippen molar-refractivity contribution in [2.45, 2.75) is 51.7 Å². The van der Waals surface area contributed by atoms with E-state index in [1.165, 1.54) is 0 Å². The molecule has 1 rings (SSSR count). The second-order valence-electron chi connectivity index (χ2n) is 6.47. The zero-order chi connectivity index (χ0) is 19.2. The van der Waals surface area contributed by atoms with Crippen molar-refractivity contribution in [1.29, 1.82) is 0 Å². The van der Waals surface area contributed by atoms with Gasteiger partial charge in [-0.3, -0.25) is 4.79 Å². The topological polar surface area (TPSA) is 149 Å². The van der Waals surface area contributed by atoms with Crippen LogP contribution in [0.1, 0.15) is 40.0 Å². The summed E-state index contributed by atoms with van der Waals surface area (Å²) in [5.41, 5.74) is 4.01. The smallest absolute Gasteiger partial charge is 0.426 e. The van der Waals surface area contributed by atoms with E-state index in [2.05, 4.69) is 10.9 Å². The van der Waals surface area contributed by atoms with E-state index in [0.29, 0.717) is 13.0 Å². The molecule has 11 heteroatoms. The fourth-order valence-electron chi connectivity index (χ4n) is 2.12. The van der Waals surface area contributed by atoms with E-state index in [4.69, 9.17) is 9.84 Å². The predicted octanol–water partition coefficient (Wildman–Crippen LogP) is 0.376. The third-order valence-corrected chi connectivity index (χ3v) is 3.14. The summed E-state index contributed by atoms with van der Waals surface area (Å²) in [6.07, 6.45) is -0.578. The van der Waals surface area contributed by atoms with Gasteiger partial charge < -0.3 is 14.9 Å². The van der Waals surface area contributed by atoms with Crippen molar-refractivity contribution in [2.24, 2.45) is 0 Å². The summed E-state index contributed by atoms with van der Waals surface area (Å²) < 4.78 is 5.04. The minimum Gasteiger partial charge on any atom is -0.481 e. The van der Waals surface area contributed by atoms with Crippen LogP contribution in [0.5, 0.6) is 0 Å². The van der Waals surface area contributed by atoms with E-state index in [1.807, 2.05) is 0 Å². The number of hydrazine groups is 2. The number of nitrogens with zero attached hydrogens (tertiary/aromatic N) is 2. The average molecular weight is 360 g/mol. The van der Waals surface area contributed by atoms with Crippen LogP contribution >= 0.6 is 0 Å². The van der Waals surface area contributed by atoms with E-state index in [9.17, 15) is 24.3 Å². The molecule has 0 saturated carbocycles. The SMILES string of the molecule is CC(C)(C)OC(=O)NN(CCC(=O)O)C(=O)N1NCCCC1C(=O)O. The molecule has 11 nitrogen and oxygen atoms in total. The number of hydrogen-bond acceptors (Lipinski definition) is 6. The third kappa shape index (κ3) is 6.83. The van der Waals surface area contributed by atoms with Gasteiger partial charge in [0.2, 0.25) is 0 Å². The lowest BCUT2D eigenvalue weighted by atomic mass is 10.1. The number of carboxylic acids is 2. The van der Waals surface area contributed by atoms with Gasteiger partial charge in [-0.05, 0) is 33.6 Å². The predicted molar refractivity (Wildman–Crippen MR) is 84.2 cm³/mol. The second-order valence-corrected chi connectivity index (χ2v) is 6.47. The lowest BCUT2D eigenvalue weighted by Crippen LogP contribution is -2.63. The highest BCUT2D eigenvalue weighted by molar-refractivity contribution is 5.84. The lowest BCUT2D eigenvalue weighted by molar-refractivity contribution is -0.145. The zero-order valence-electron chi connectivity index (χ0n) is 14.4. The zero-order valence-corrected chi connectivity index (χ0v) is 14.4. The monoisotopic (exact) mass is 360 g/mol. The number of urea groups is 1. The van der Waals surface area contributed by atoms with Crippen LogP contribution < -0.4 is 10.9 Å². The molecule has 0 aromatic carbocycles. The number of carbonyl (C=O) groups is 4. The summed E-state index contributed by atoms with van der Waals surface area (Å²) in [7, 11) is 0. The minimum atomic E-state index is -1.20. The number of nitrogens with one attached hydrogen (secondary N) is 2. The molecule has 0 bridgehead atoms. The molecule has 0 radical (unpaired) electrons. The van der Waals surface area contributed by atoms with Crippen LogP contribution in [0.3, 0.4) is 0 Å². The third-order valence-electron chi connectivity index (χ3n) is 3.14. The minimum absolute atomic E-state index is 0.243. The normalized spacial score (nSPS) is 17.6. The highest BCUT2D eigenvalue weighted by Gasteiger charge is 2.36. The summed E-state index contributed by atoms with van der Waals surface area (Å²) >= 11 is 0. The van der Waals surface area contributed by atoms with Crippen LogP contribution in [0.2, 0.25) is 0 Å². The van der Waals surface area contributed by atoms with Gasteiger partial charge in [-0.25, -0.2) is 35.3 Å². The van der Waals surface area contributed by atoms with Crippen molar-refractivity contribution in [3.05, 3.63) is 0 Å². The van der Waals surface area contributed by atoms with Crippen LogP contribution in [0.15, 0.2) is 0 Å². The standard InChI is InChI=1S/C14H24N4O7/c1-14(2,3)25-12(23)16-17(8-6-10(19)20)13(24)18-9(11(21)22)5-4-7-15-18/h9,15H,4-8H2,1-3H3,(H,16,23)(H,19,20)(H,21,22). The van der Waals surface area contributed by atoms with Gasteiger partial charge in [-0.2, -0.15) is 0 Å². The van der Waals surface area contributed by atoms with E-state index in [0.717, 1.165) is 10.0 Å². The first-order valence-corrected chi connectivity index (χ1v) is 7.79. The Morgan fingerprint density at radius 3 is 2.44 bits per heavy atom. The van der Waals surface area contributed by atoms with Gasteiger partial charge in [0.1, 0.15) is 11.6 Å². The van der Waals surface area contributed by atoms with E-state index >= 15 is 0 Å². The first-order valence-electron chi connectivity index (χ1n) is 7.79. The first-order chi connectivity index (χ1) is 11.5. The molecule has 1 aliphatic rings. The summed E-state index contributed by atoms with van der Waals surface area (Å²) in [5.74, 6) is -2.37. The summed E-state index contributed by atoms with van der Waals surface area (Å²) in [5, 5.41) is 19.7. The summed E-state index contributed by atoms with van der Waals surface area (Å²) in [4.78, 5) is 46.6. The summed E-state index contributed by atoms with van der Waals surface area (Å²) in [6.45, 7) is 4.92. The molecule has 1 saturated heterocycles. The van der Waals surface area contributed by atoms with Crippen molar-refractivity contribution in [3.63, 3.8) is 0 Å².